The molecule has 0 amide bonds. The molecule has 1 aliphatic rings. The van der Waals surface area contributed by atoms with Crippen molar-refractivity contribution in [1.82, 2.24) is 20.1 Å². The summed E-state index contributed by atoms with van der Waals surface area (Å²) in [6.07, 6.45) is 7.46. The maximum Gasteiger partial charge on any atom is 0.294 e. The first kappa shape index (κ1) is 20.2. The summed E-state index contributed by atoms with van der Waals surface area (Å²) in [7, 11) is 0. The van der Waals surface area contributed by atoms with Gasteiger partial charge >= 0.3 is 0 Å². The van der Waals surface area contributed by atoms with E-state index in [0.29, 0.717) is 5.69 Å². The molecule has 0 radical (unpaired) electrons. The third kappa shape index (κ3) is 3.50. The summed E-state index contributed by atoms with van der Waals surface area (Å²) in [5.74, 6) is 0.229. The predicted molar refractivity (Wildman–Crippen MR) is 125 cm³/mol. The molecule has 0 bridgehead atoms. The van der Waals surface area contributed by atoms with E-state index in [1.807, 2.05) is 19.9 Å². The fourth-order valence-electron chi connectivity index (χ4n) is 4.81. The molecule has 7 heteroatoms. The molecule has 2 N–H and O–H groups in total. The SMILES string of the molecule is Cc1nn(-c2ccccc2[N+](=O)[O-])c(C)c1[C@@H]1C=C[C@@H](NCc2c[nH]c3ccccc23)C1. The standard InChI is InChI=1S/C25H25N5O2/c1-16-25(17(2)29(28-16)23-9-5-6-10-24(23)30(31)32)18-11-12-20(13-18)26-14-19-15-27-22-8-4-3-7-21(19)22/h3-12,15,18,20,26-27H,13-14H2,1-2H3/t18-,20-/m1/s1. The molecule has 2 aromatic heterocycles. The van der Waals surface area contributed by atoms with E-state index in [-0.39, 0.29) is 22.6 Å². The van der Waals surface area contributed by atoms with Crippen LogP contribution in [0.3, 0.4) is 0 Å². The minimum Gasteiger partial charge on any atom is -0.361 e. The van der Waals surface area contributed by atoms with E-state index < -0.39 is 0 Å². The number of benzene rings is 2. The molecule has 2 atom stereocenters. The van der Waals surface area contributed by atoms with Crippen molar-refractivity contribution in [2.75, 3.05) is 0 Å². The number of allylic oxidation sites excluding steroid dienone is 1. The van der Waals surface area contributed by atoms with Crippen molar-refractivity contribution in [3.05, 3.63) is 99.5 Å². The van der Waals surface area contributed by atoms with E-state index in [2.05, 4.69) is 51.9 Å². The second-order valence-corrected chi connectivity index (χ2v) is 8.32. The van der Waals surface area contributed by atoms with E-state index in [1.54, 1.807) is 22.9 Å². The number of aryl methyl sites for hydroxylation is 1. The molecule has 7 nitrogen and oxygen atoms in total. The van der Waals surface area contributed by atoms with Crippen molar-refractivity contribution in [1.29, 1.82) is 0 Å². The minimum absolute atomic E-state index is 0.0601. The van der Waals surface area contributed by atoms with Gasteiger partial charge in [0, 0.05) is 52.9 Å². The van der Waals surface area contributed by atoms with Crippen molar-refractivity contribution >= 4 is 16.6 Å². The summed E-state index contributed by atoms with van der Waals surface area (Å²) >= 11 is 0. The number of hydrogen-bond donors (Lipinski definition) is 2. The number of nitrogens with one attached hydrogen (secondary N) is 2. The Morgan fingerprint density at radius 3 is 2.78 bits per heavy atom. The van der Waals surface area contributed by atoms with Crippen LogP contribution >= 0.6 is 0 Å². The van der Waals surface area contributed by atoms with Gasteiger partial charge in [0.05, 0.1) is 10.6 Å². The summed E-state index contributed by atoms with van der Waals surface area (Å²) in [6, 6.07) is 15.3. The maximum absolute atomic E-state index is 11.5. The number of rotatable bonds is 6. The quantitative estimate of drug-likeness (QED) is 0.255. The van der Waals surface area contributed by atoms with Gasteiger partial charge in [-0.15, -0.1) is 0 Å². The van der Waals surface area contributed by atoms with Crippen molar-refractivity contribution in [3.63, 3.8) is 0 Å². The molecule has 162 valence electrons. The van der Waals surface area contributed by atoms with E-state index in [4.69, 9.17) is 0 Å². The molecule has 0 unspecified atom stereocenters. The lowest BCUT2D eigenvalue weighted by atomic mass is 9.96. The molecule has 2 aromatic carbocycles. The van der Waals surface area contributed by atoms with Crippen LogP contribution in [-0.4, -0.2) is 25.7 Å². The molecular formula is C25H25N5O2. The summed E-state index contributed by atoms with van der Waals surface area (Å²) < 4.78 is 1.71. The van der Waals surface area contributed by atoms with Gasteiger partial charge in [0.15, 0.2) is 0 Å². The van der Waals surface area contributed by atoms with E-state index >= 15 is 0 Å². The summed E-state index contributed by atoms with van der Waals surface area (Å²) in [5, 5.41) is 21.1. The van der Waals surface area contributed by atoms with Gasteiger partial charge in [-0.05, 0) is 38.0 Å². The topological polar surface area (TPSA) is 88.8 Å². The Balaban J connectivity index is 1.34. The zero-order valence-electron chi connectivity index (χ0n) is 18.1. The van der Waals surface area contributed by atoms with Crippen molar-refractivity contribution < 1.29 is 4.92 Å². The molecule has 0 saturated carbocycles. The Morgan fingerprint density at radius 2 is 1.94 bits per heavy atom. The number of aromatic amines is 1. The van der Waals surface area contributed by atoms with Crippen LogP contribution in [0.4, 0.5) is 5.69 Å². The van der Waals surface area contributed by atoms with E-state index in [1.165, 1.54) is 17.0 Å². The first-order valence-electron chi connectivity index (χ1n) is 10.8. The lowest BCUT2D eigenvalue weighted by molar-refractivity contribution is -0.384. The molecule has 32 heavy (non-hydrogen) atoms. The van der Waals surface area contributed by atoms with Gasteiger partial charge in [0.2, 0.25) is 0 Å². The van der Waals surface area contributed by atoms with Crippen molar-refractivity contribution in [2.45, 2.75) is 38.8 Å². The Kier molecular flexibility index (Phi) is 5.11. The fraction of sp³-hybridized carbons (Fsp3) is 0.240. The smallest absolute Gasteiger partial charge is 0.294 e. The van der Waals surface area contributed by atoms with Crippen LogP contribution in [-0.2, 0) is 6.54 Å². The van der Waals surface area contributed by atoms with Crippen LogP contribution in [0.25, 0.3) is 16.6 Å². The highest BCUT2D eigenvalue weighted by atomic mass is 16.6. The molecule has 0 fully saturated rings. The second-order valence-electron chi connectivity index (χ2n) is 8.32. The lowest BCUT2D eigenvalue weighted by Crippen LogP contribution is -2.25. The number of H-pyrrole nitrogens is 1. The number of nitro benzene ring substituents is 1. The maximum atomic E-state index is 11.5. The van der Waals surface area contributed by atoms with Crippen molar-refractivity contribution in [2.24, 2.45) is 0 Å². The van der Waals surface area contributed by atoms with Gasteiger partial charge in [-0.1, -0.05) is 42.5 Å². The molecule has 4 aromatic rings. The zero-order valence-corrected chi connectivity index (χ0v) is 18.1. The van der Waals surface area contributed by atoms with Crippen LogP contribution in [0.5, 0.6) is 0 Å². The van der Waals surface area contributed by atoms with Crippen LogP contribution in [0.15, 0.2) is 66.9 Å². The Hall–Kier alpha value is -3.71. The largest absolute Gasteiger partial charge is 0.361 e. The number of nitro groups is 1. The summed E-state index contributed by atoms with van der Waals surface area (Å²) in [5.41, 5.74) is 5.98. The lowest BCUT2D eigenvalue weighted by Gasteiger charge is -2.14. The molecule has 0 saturated heterocycles. The van der Waals surface area contributed by atoms with Gasteiger partial charge in [0.1, 0.15) is 5.69 Å². The summed E-state index contributed by atoms with van der Waals surface area (Å²) in [6.45, 7) is 4.76. The molecule has 0 spiro atoms. The van der Waals surface area contributed by atoms with Gasteiger partial charge in [-0.3, -0.25) is 10.1 Å². The molecule has 1 aliphatic carbocycles. The third-order valence-corrected chi connectivity index (χ3v) is 6.34. The number of hydrogen-bond acceptors (Lipinski definition) is 4. The van der Waals surface area contributed by atoms with Crippen molar-refractivity contribution in [3.8, 4) is 5.69 Å². The summed E-state index contributed by atoms with van der Waals surface area (Å²) in [4.78, 5) is 14.5. The average molecular weight is 428 g/mol. The van der Waals surface area contributed by atoms with Crippen LogP contribution in [0, 0.1) is 24.0 Å². The highest BCUT2D eigenvalue weighted by Gasteiger charge is 2.27. The van der Waals surface area contributed by atoms with E-state index in [9.17, 15) is 10.1 Å². The first-order valence-corrected chi connectivity index (χ1v) is 10.8. The highest BCUT2D eigenvalue weighted by Crippen LogP contribution is 2.35. The Labute approximate surface area is 185 Å². The minimum atomic E-state index is -0.356. The molecule has 0 aliphatic heterocycles. The predicted octanol–water partition coefficient (Wildman–Crippen LogP) is 5.08. The second kappa shape index (κ2) is 8.09. The van der Waals surface area contributed by atoms with Crippen LogP contribution in [0.1, 0.15) is 34.9 Å². The third-order valence-electron chi connectivity index (χ3n) is 6.34. The first-order chi connectivity index (χ1) is 15.5. The van der Waals surface area contributed by atoms with Gasteiger partial charge in [-0.25, -0.2) is 4.68 Å². The van der Waals surface area contributed by atoms with Gasteiger partial charge in [0.25, 0.3) is 5.69 Å². The Bertz CT molecular complexity index is 1330. The zero-order chi connectivity index (χ0) is 22.2. The fourth-order valence-corrected chi connectivity index (χ4v) is 4.81. The van der Waals surface area contributed by atoms with Crippen LogP contribution in [0.2, 0.25) is 0 Å². The molecule has 5 rings (SSSR count). The average Bonchev–Trinajstić information content (AvgIpc) is 3.49. The molecular weight excluding hydrogens is 402 g/mol. The Morgan fingerprint density at radius 1 is 1.16 bits per heavy atom. The molecule has 2 heterocycles. The van der Waals surface area contributed by atoms with Gasteiger partial charge < -0.3 is 10.3 Å². The van der Waals surface area contributed by atoms with Crippen LogP contribution < -0.4 is 5.32 Å². The number of para-hydroxylation sites is 3. The highest BCUT2D eigenvalue weighted by molar-refractivity contribution is 5.82. The number of aromatic nitrogens is 3. The number of nitrogens with zero attached hydrogens (tertiary/aromatic N) is 3. The number of fused-ring (bicyclic) bond motifs is 1. The van der Waals surface area contributed by atoms with Gasteiger partial charge in [-0.2, -0.15) is 5.10 Å². The normalized spacial score (nSPS) is 17.9. The van der Waals surface area contributed by atoms with E-state index in [0.717, 1.165) is 35.4 Å². The monoisotopic (exact) mass is 427 g/mol.